The van der Waals surface area contributed by atoms with Gasteiger partial charge in [0.1, 0.15) is 0 Å². The number of likely N-dealkylation sites (tertiary alicyclic amines) is 1. The summed E-state index contributed by atoms with van der Waals surface area (Å²) in [6, 6.07) is 0. The molecule has 1 saturated heterocycles. The third kappa shape index (κ3) is 2.25. The highest BCUT2D eigenvalue weighted by molar-refractivity contribution is 4.85. The quantitative estimate of drug-likeness (QED) is 0.555. The number of hydrogen-bond acceptors (Lipinski definition) is 1. The van der Waals surface area contributed by atoms with Crippen molar-refractivity contribution in [3.8, 4) is 0 Å². The van der Waals surface area contributed by atoms with Gasteiger partial charge >= 0.3 is 0 Å². The van der Waals surface area contributed by atoms with E-state index < -0.39 is 0 Å². The third-order valence-electron chi connectivity index (χ3n) is 4.19. The molecular weight excluding hydrogens is 158 g/mol. The zero-order chi connectivity index (χ0) is 9.15. The molecule has 2 fully saturated rings. The zero-order valence-electron chi connectivity index (χ0n) is 9.02. The Balaban J connectivity index is 1.95. The summed E-state index contributed by atoms with van der Waals surface area (Å²) in [6.07, 6.45) is 12.0. The number of nitrogens with zero attached hydrogens (tertiary/aromatic N) is 1. The van der Waals surface area contributed by atoms with Crippen LogP contribution in [-0.4, -0.2) is 25.0 Å². The highest BCUT2D eigenvalue weighted by Crippen LogP contribution is 2.44. The fraction of sp³-hybridized carbons (Fsp3) is 1.00. The van der Waals surface area contributed by atoms with E-state index in [2.05, 4.69) is 11.9 Å². The second-order valence-corrected chi connectivity index (χ2v) is 5.22. The molecule has 0 aromatic heterocycles. The van der Waals surface area contributed by atoms with Gasteiger partial charge in [0, 0.05) is 0 Å². The summed E-state index contributed by atoms with van der Waals surface area (Å²) in [5.74, 6) is 0. The molecule has 0 aromatic carbocycles. The van der Waals surface area contributed by atoms with Crippen LogP contribution < -0.4 is 0 Å². The van der Waals surface area contributed by atoms with E-state index in [0.717, 1.165) is 5.41 Å². The van der Waals surface area contributed by atoms with Crippen molar-refractivity contribution in [3.05, 3.63) is 0 Å². The molecule has 2 rings (SSSR count). The van der Waals surface area contributed by atoms with Crippen LogP contribution in [0.1, 0.15) is 51.4 Å². The van der Waals surface area contributed by atoms with Gasteiger partial charge in [-0.25, -0.2) is 0 Å². The van der Waals surface area contributed by atoms with Gasteiger partial charge in [0.05, 0.1) is 0 Å². The first kappa shape index (κ1) is 9.51. The van der Waals surface area contributed by atoms with Crippen LogP contribution in [0.4, 0.5) is 0 Å². The molecule has 2 aliphatic rings. The van der Waals surface area contributed by atoms with Gasteiger partial charge in [-0.15, -0.1) is 0 Å². The summed E-state index contributed by atoms with van der Waals surface area (Å²) in [6.45, 7) is 2.68. The molecule has 0 radical (unpaired) electrons. The Labute approximate surface area is 82.5 Å². The van der Waals surface area contributed by atoms with Gasteiger partial charge < -0.3 is 4.90 Å². The smallest absolute Gasteiger partial charge is 0.00165 e. The van der Waals surface area contributed by atoms with Gasteiger partial charge in [0.25, 0.3) is 0 Å². The van der Waals surface area contributed by atoms with Crippen molar-refractivity contribution in [2.24, 2.45) is 5.41 Å². The second-order valence-electron chi connectivity index (χ2n) is 5.22. The van der Waals surface area contributed by atoms with E-state index >= 15 is 0 Å². The van der Waals surface area contributed by atoms with E-state index in [4.69, 9.17) is 0 Å². The van der Waals surface area contributed by atoms with Crippen LogP contribution in [0.2, 0.25) is 0 Å². The van der Waals surface area contributed by atoms with Gasteiger partial charge in [-0.05, 0) is 57.7 Å². The standard InChI is InChI=1S/C12H23N/c1-13-10-5-8-12(9-11-13)6-3-2-4-7-12/h2-11H2,1H3. The van der Waals surface area contributed by atoms with Crippen LogP contribution in [0.15, 0.2) is 0 Å². The Bertz CT molecular complexity index is 159. The maximum absolute atomic E-state index is 2.52. The molecule has 1 heteroatoms. The average Bonchev–Trinajstić information content (AvgIpc) is 2.32. The third-order valence-corrected chi connectivity index (χ3v) is 4.19. The van der Waals surface area contributed by atoms with E-state index in [-0.39, 0.29) is 0 Å². The molecule has 0 atom stereocenters. The SMILES string of the molecule is CN1CCCC2(CCCCC2)CC1. The number of hydrogen-bond donors (Lipinski definition) is 0. The summed E-state index contributed by atoms with van der Waals surface area (Å²) in [5, 5.41) is 0. The average molecular weight is 181 g/mol. The molecule has 1 aliphatic carbocycles. The lowest BCUT2D eigenvalue weighted by Crippen LogP contribution is -2.26. The van der Waals surface area contributed by atoms with Crippen LogP contribution in [0.5, 0.6) is 0 Å². The highest BCUT2D eigenvalue weighted by atomic mass is 15.1. The van der Waals surface area contributed by atoms with Crippen molar-refractivity contribution in [2.75, 3.05) is 20.1 Å². The molecule has 1 nitrogen and oxygen atoms in total. The predicted molar refractivity (Wildman–Crippen MR) is 56.9 cm³/mol. The van der Waals surface area contributed by atoms with Crippen molar-refractivity contribution in [3.63, 3.8) is 0 Å². The molecule has 0 unspecified atom stereocenters. The Hall–Kier alpha value is -0.0400. The maximum atomic E-state index is 2.52. The Morgan fingerprint density at radius 3 is 2.23 bits per heavy atom. The first-order valence-electron chi connectivity index (χ1n) is 5.99. The Morgan fingerprint density at radius 2 is 1.46 bits per heavy atom. The van der Waals surface area contributed by atoms with Gasteiger partial charge in [-0.1, -0.05) is 19.3 Å². The summed E-state index contributed by atoms with van der Waals surface area (Å²) in [4.78, 5) is 2.52. The van der Waals surface area contributed by atoms with E-state index in [1.807, 2.05) is 0 Å². The fourth-order valence-corrected chi connectivity index (χ4v) is 3.19. The summed E-state index contributed by atoms with van der Waals surface area (Å²) < 4.78 is 0. The van der Waals surface area contributed by atoms with Crippen LogP contribution in [0, 0.1) is 5.41 Å². The largest absolute Gasteiger partial charge is 0.306 e. The first-order valence-corrected chi connectivity index (χ1v) is 5.99. The van der Waals surface area contributed by atoms with Gasteiger partial charge in [0.2, 0.25) is 0 Å². The minimum absolute atomic E-state index is 0.781. The topological polar surface area (TPSA) is 3.24 Å². The van der Waals surface area contributed by atoms with Crippen molar-refractivity contribution in [2.45, 2.75) is 51.4 Å². The van der Waals surface area contributed by atoms with E-state index in [0.29, 0.717) is 0 Å². The second kappa shape index (κ2) is 4.00. The van der Waals surface area contributed by atoms with Gasteiger partial charge in [-0.2, -0.15) is 0 Å². The van der Waals surface area contributed by atoms with Crippen LogP contribution in [-0.2, 0) is 0 Å². The van der Waals surface area contributed by atoms with E-state index in [1.165, 1.54) is 64.5 Å². The molecule has 1 spiro atoms. The lowest BCUT2D eigenvalue weighted by Gasteiger charge is -2.36. The Kier molecular flexibility index (Phi) is 2.92. The van der Waals surface area contributed by atoms with E-state index in [9.17, 15) is 0 Å². The van der Waals surface area contributed by atoms with Crippen LogP contribution in [0.25, 0.3) is 0 Å². The van der Waals surface area contributed by atoms with Gasteiger partial charge in [0.15, 0.2) is 0 Å². The van der Waals surface area contributed by atoms with Crippen LogP contribution in [0.3, 0.4) is 0 Å². The minimum Gasteiger partial charge on any atom is -0.306 e. The lowest BCUT2D eigenvalue weighted by molar-refractivity contribution is 0.160. The van der Waals surface area contributed by atoms with Crippen molar-refractivity contribution in [1.82, 2.24) is 4.90 Å². The van der Waals surface area contributed by atoms with Crippen molar-refractivity contribution >= 4 is 0 Å². The van der Waals surface area contributed by atoms with Gasteiger partial charge in [-0.3, -0.25) is 0 Å². The molecule has 0 N–H and O–H groups in total. The summed E-state index contributed by atoms with van der Waals surface area (Å²) >= 11 is 0. The minimum atomic E-state index is 0.781. The van der Waals surface area contributed by atoms with Crippen molar-refractivity contribution < 1.29 is 0 Å². The molecule has 1 saturated carbocycles. The first-order chi connectivity index (χ1) is 6.31. The summed E-state index contributed by atoms with van der Waals surface area (Å²) in [7, 11) is 2.28. The molecule has 1 aliphatic heterocycles. The zero-order valence-corrected chi connectivity index (χ0v) is 9.02. The molecule has 0 aromatic rings. The summed E-state index contributed by atoms with van der Waals surface area (Å²) in [5.41, 5.74) is 0.781. The molecular formula is C12H23N. The Morgan fingerprint density at radius 1 is 0.769 bits per heavy atom. The molecule has 0 amide bonds. The van der Waals surface area contributed by atoms with Crippen LogP contribution >= 0.6 is 0 Å². The van der Waals surface area contributed by atoms with Crippen molar-refractivity contribution in [1.29, 1.82) is 0 Å². The number of rotatable bonds is 0. The molecule has 1 heterocycles. The molecule has 76 valence electrons. The van der Waals surface area contributed by atoms with E-state index in [1.54, 1.807) is 0 Å². The lowest BCUT2D eigenvalue weighted by atomic mass is 9.69. The monoisotopic (exact) mass is 181 g/mol. The normalized spacial score (nSPS) is 30.2. The maximum Gasteiger partial charge on any atom is -0.00165 e. The molecule has 0 bridgehead atoms. The predicted octanol–water partition coefficient (Wildman–Crippen LogP) is 3.05. The molecule has 13 heavy (non-hydrogen) atoms. The highest BCUT2D eigenvalue weighted by Gasteiger charge is 2.32. The fourth-order valence-electron chi connectivity index (χ4n) is 3.19.